The van der Waals surface area contributed by atoms with Gasteiger partial charge in [-0.25, -0.2) is 4.98 Å². The van der Waals surface area contributed by atoms with Gasteiger partial charge in [-0.05, 0) is 40.9 Å². The number of aromatic nitrogens is 2. The molecule has 0 saturated heterocycles. The molecular weight excluding hydrogens is 268 g/mol. The Morgan fingerprint density at radius 2 is 2.06 bits per heavy atom. The molecule has 3 nitrogen and oxygen atoms in total. The number of aromatic hydroxyl groups is 1. The van der Waals surface area contributed by atoms with Crippen LogP contribution in [0.4, 0.5) is 0 Å². The third-order valence-electron chi connectivity index (χ3n) is 3.35. The number of halogens is 1. The van der Waals surface area contributed by atoms with Crippen molar-refractivity contribution >= 4 is 27.0 Å². The van der Waals surface area contributed by atoms with Crippen LogP contribution < -0.4 is 0 Å². The summed E-state index contributed by atoms with van der Waals surface area (Å²) < 4.78 is 3.04. The predicted molar refractivity (Wildman–Crippen MR) is 66.6 cm³/mol. The highest BCUT2D eigenvalue weighted by Crippen LogP contribution is 2.36. The fourth-order valence-electron chi connectivity index (χ4n) is 2.58. The van der Waals surface area contributed by atoms with Gasteiger partial charge < -0.3 is 9.67 Å². The van der Waals surface area contributed by atoms with E-state index >= 15 is 0 Å². The van der Waals surface area contributed by atoms with Gasteiger partial charge in [-0.1, -0.05) is 18.9 Å². The quantitative estimate of drug-likeness (QED) is 0.867. The molecule has 3 rings (SSSR count). The highest BCUT2D eigenvalue weighted by Gasteiger charge is 2.22. The largest absolute Gasteiger partial charge is 0.506 e. The predicted octanol–water partition coefficient (Wildman–Crippen LogP) is 3.62. The second-order valence-corrected chi connectivity index (χ2v) is 5.04. The van der Waals surface area contributed by atoms with Crippen LogP contribution in [-0.4, -0.2) is 14.7 Å². The number of nitrogens with zero attached hydrogens (tertiary/aromatic N) is 2. The summed E-state index contributed by atoms with van der Waals surface area (Å²) >= 11 is 3.49. The van der Waals surface area contributed by atoms with Crippen LogP contribution in [0.25, 0.3) is 11.0 Å². The van der Waals surface area contributed by atoms with Gasteiger partial charge in [-0.15, -0.1) is 0 Å². The normalized spacial score (nSPS) is 17.3. The van der Waals surface area contributed by atoms with Crippen molar-refractivity contribution in [1.82, 2.24) is 9.55 Å². The highest BCUT2D eigenvalue weighted by molar-refractivity contribution is 9.10. The minimum absolute atomic E-state index is 0.259. The number of fused-ring (bicyclic) bond motifs is 1. The minimum atomic E-state index is 0.259. The highest BCUT2D eigenvalue weighted by atomic mass is 79.9. The molecule has 2 aromatic rings. The molecule has 0 bridgehead atoms. The lowest BCUT2D eigenvalue weighted by Crippen LogP contribution is -2.04. The molecule has 0 radical (unpaired) electrons. The lowest BCUT2D eigenvalue weighted by atomic mass is 10.2. The number of phenolic OH excluding ortho intramolecular Hbond substituents is 1. The fraction of sp³-hybridized carbons (Fsp3) is 0.417. The molecule has 0 spiro atoms. The van der Waals surface area contributed by atoms with Crippen LogP contribution in [0.1, 0.15) is 31.7 Å². The zero-order valence-corrected chi connectivity index (χ0v) is 10.4. The maximum Gasteiger partial charge on any atom is 0.178 e. The summed E-state index contributed by atoms with van der Waals surface area (Å²) in [5.74, 6) is 0.259. The third kappa shape index (κ3) is 1.44. The fourth-order valence-corrected chi connectivity index (χ4v) is 3.24. The molecule has 1 heterocycles. The third-order valence-corrected chi connectivity index (χ3v) is 3.91. The average Bonchev–Trinajstić information content (AvgIpc) is 2.85. The lowest BCUT2D eigenvalue weighted by molar-refractivity contribution is 0.480. The van der Waals surface area contributed by atoms with Crippen molar-refractivity contribution in [2.24, 2.45) is 0 Å². The SMILES string of the molecule is Oc1cccc2c1nc(Br)n2C1CCCC1. The van der Waals surface area contributed by atoms with Crippen LogP contribution in [0.3, 0.4) is 0 Å². The summed E-state index contributed by atoms with van der Waals surface area (Å²) in [6.07, 6.45) is 4.99. The van der Waals surface area contributed by atoms with Gasteiger partial charge in [0.05, 0.1) is 5.52 Å². The molecule has 4 heteroatoms. The van der Waals surface area contributed by atoms with E-state index in [1.54, 1.807) is 6.07 Å². The van der Waals surface area contributed by atoms with Crippen LogP contribution in [0.5, 0.6) is 5.75 Å². The van der Waals surface area contributed by atoms with Crippen molar-refractivity contribution in [2.45, 2.75) is 31.7 Å². The monoisotopic (exact) mass is 280 g/mol. The van der Waals surface area contributed by atoms with E-state index in [2.05, 4.69) is 25.5 Å². The molecule has 1 aliphatic rings. The number of rotatable bonds is 1. The standard InChI is InChI=1S/C12H13BrN2O/c13-12-14-11-9(6-3-7-10(11)16)15(12)8-4-1-2-5-8/h3,6-8,16H,1-2,4-5H2. The Balaban J connectivity index is 2.22. The minimum Gasteiger partial charge on any atom is -0.506 e. The van der Waals surface area contributed by atoms with Crippen LogP contribution in [0, 0.1) is 0 Å². The zero-order chi connectivity index (χ0) is 11.1. The molecule has 0 unspecified atom stereocenters. The molecule has 1 fully saturated rings. The van der Waals surface area contributed by atoms with Gasteiger partial charge in [-0.2, -0.15) is 0 Å². The molecule has 1 aromatic heterocycles. The summed E-state index contributed by atoms with van der Waals surface area (Å²) in [6.45, 7) is 0. The molecule has 0 aliphatic heterocycles. The summed E-state index contributed by atoms with van der Waals surface area (Å²) in [4.78, 5) is 4.39. The van der Waals surface area contributed by atoms with Gasteiger partial charge in [0.2, 0.25) is 0 Å². The first-order valence-electron chi connectivity index (χ1n) is 5.63. The summed E-state index contributed by atoms with van der Waals surface area (Å²) in [6, 6.07) is 6.10. The molecule has 0 amide bonds. The van der Waals surface area contributed by atoms with Crippen LogP contribution in [0.15, 0.2) is 22.9 Å². The van der Waals surface area contributed by atoms with Gasteiger partial charge in [0.15, 0.2) is 4.73 Å². The Hall–Kier alpha value is -1.03. The Bertz CT molecular complexity index is 529. The molecule has 1 saturated carbocycles. The van der Waals surface area contributed by atoms with Crippen LogP contribution >= 0.6 is 15.9 Å². The maximum atomic E-state index is 9.76. The number of phenols is 1. The van der Waals surface area contributed by atoms with Gasteiger partial charge in [0.25, 0.3) is 0 Å². The van der Waals surface area contributed by atoms with Gasteiger partial charge >= 0.3 is 0 Å². The maximum absolute atomic E-state index is 9.76. The number of hydrogen-bond donors (Lipinski definition) is 1. The number of imidazole rings is 1. The van der Waals surface area contributed by atoms with E-state index in [0.29, 0.717) is 11.6 Å². The van der Waals surface area contributed by atoms with Crippen molar-refractivity contribution in [3.05, 3.63) is 22.9 Å². The van der Waals surface area contributed by atoms with Crippen molar-refractivity contribution in [3.8, 4) is 5.75 Å². The van der Waals surface area contributed by atoms with Gasteiger partial charge in [0.1, 0.15) is 11.3 Å². The Morgan fingerprint density at radius 1 is 1.31 bits per heavy atom. The topological polar surface area (TPSA) is 38.1 Å². The smallest absolute Gasteiger partial charge is 0.178 e. The first kappa shape index (κ1) is 10.1. The van der Waals surface area contributed by atoms with E-state index in [9.17, 15) is 5.11 Å². The van der Waals surface area contributed by atoms with E-state index in [4.69, 9.17) is 0 Å². The van der Waals surface area contributed by atoms with E-state index < -0.39 is 0 Å². The van der Waals surface area contributed by atoms with Crippen LogP contribution in [0.2, 0.25) is 0 Å². The Kier molecular flexibility index (Phi) is 2.39. The van der Waals surface area contributed by atoms with Gasteiger partial charge in [0, 0.05) is 6.04 Å². The second-order valence-electron chi connectivity index (χ2n) is 4.33. The van der Waals surface area contributed by atoms with E-state index in [1.807, 2.05) is 12.1 Å². The van der Waals surface area contributed by atoms with Crippen molar-refractivity contribution in [2.75, 3.05) is 0 Å². The molecule has 84 valence electrons. The van der Waals surface area contributed by atoms with Crippen molar-refractivity contribution < 1.29 is 5.11 Å². The Morgan fingerprint density at radius 3 is 2.81 bits per heavy atom. The number of para-hydroxylation sites is 1. The zero-order valence-electron chi connectivity index (χ0n) is 8.86. The second kappa shape index (κ2) is 3.77. The summed E-state index contributed by atoms with van der Waals surface area (Å²) in [7, 11) is 0. The number of hydrogen-bond acceptors (Lipinski definition) is 2. The van der Waals surface area contributed by atoms with Crippen molar-refractivity contribution in [3.63, 3.8) is 0 Å². The number of benzene rings is 1. The summed E-state index contributed by atoms with van der Waals surface area (Å²) in [5, 5.41) is 9.76. The molecule has 1 N–H and O–H groups in total. The van der Waals surface area contributed by atoms with Crippen molar-refractivity contribution in [1.29, 1.82) is 0 Å². The first-order valence-corrected chi connectivity index (χ1v) is 6.42. The molecular formula is C12H13BrN2O. The van der Waals surface area contributed by atoms with Crippen LogP contribution in [-0.2, 0) is 0 Å². The molecule has 16 heavy (non-hydrogen) atoms. The van der Waals surface area contributed by atoms with E-state index in [0.717, 1.165) is 10.3 Å². The van der Waals surface area contributed by atoms with E-state index in [-0.39, 0.29) is 5.75 Å². The van der Waals surface area contributed by atoms with E-state index in [1.165, 1.54) is 25.7 Å². The van der Waals surface area contributed by atoms with Gasteiger partial charge in [-0.3, -0.25) is 0 Å². The summed E-state index contributed by atoms with van der Waals surface area (Å²) in [5.41, 5.74) is 1.72. The lowest BCUT2D eigenvalue weighted by Gasteiger charge is -2.13. The first-order chi connectivity index (χ1) is 7.77. The molecule has 0 atom stereocenters. The molecule has 1 aliphatic carbocycles. The molecule has 1 aromatic carbocycles. The average molecular weight is 281 g/mol. The Labute approximate surface area is 102 Å².